The van der Waals surface area contributed by atoms with E-state index < -0.39 is 24.5 Å². The van der Waals surface area contributed by atoms with E-state index in [1.807, 2.05) is 0 Å². The Labute approximate surface area is 81.1 Å². The van der Waals surface area contributed by atoms with Gasteiger partial charge in [0.25, 0.3) is 0 Å². The van der Waals surface area contributed by atoms with Gasteiger partial charge in [-0.05, 0) is 20.8 Å². The molecule has 6 nitrogen and oxygen atoms in total. The van der Waals surface area contributed by atoms with Gasteiger partial charge >= 0.3 is 12.1 Å². The van der Waals surface area contributed by atoms with E-state index in [0.717, 1.165) is 0 Å². The first-order chi connectivity index (χ1) is 6.35. The molecule has 80 valence electrons. The number of rotatable bonds is 3. The van der Waals surface area contributed by atoms with Crippen molar-refractivity contribution < 1.29 is 28.6 Å². The van der Waals surface area contributed by atoms with E-state index in [2.05, 4.69) is 9.47 Å². The maximum atomic E-state index is 10.8. The fourth-order valence-corrected chi connectivity index (χ4v) is 0.449. The third kappa shape index (κ3) is 7.08. The summed E-state index contributed by atoms with van der Waals surface area (Å²) in [7, 11) is 0. The van der Waals surface area contributed by atoms with Crippen molar-refractivity contribution >= 4 is 18.4 Å². The van der Waals surface area contributed by atoms with Crippen LogP contribution in [0.2, 0.25) is 0 Å². The van der Waals surface area contributed by atoms with Crippen LogP contribution in [-0.4, -0.2) is 30.8 Å². The van der Waals surface area contributed by atoms with Crippen molar-refractivity contribution in [2.24, 2.45) is 0 Å². The number of hydrogen-bond acceptors (Lipinski definition) is 6. The zero-order valence-corrected chi connectivity index (χ0v) is 8.23. The summed E-state index contributed by atoms with van der Waals surface area (Å²) in [6.07, 6.45) is -0.991. The molecule has 0 radical (unpaired) electrons. The van der Waals surface area contributed by atoms with Crippen LogP contribution in [0.5, 0.6) is 0 Å². The molecular weight excluding hydrogens is 192 g/mol. The molecular formula is C8H12O6. The highest BCUT2D eigenvalue weighted by molar-refractivity contribution is 6.20. The summed E-state index contributed by atoms with van der Waals surface area (Å²) >= 11 is 0. The minimum absolute atomic E-state index is 0.0293. The van der Waals surface area contributed by atoms with E-state index in [-0.39, 0.29) is 6.29 Å². The Balaban J connectivity index is 3.65. The molecule has 0 atom stereocenters. The predicted octanol–water partition coefficient (Wildman–Crippen LogP) is 0.638. The van der Waals surface area contributed by atoms with Gasteiger partial charge in [-0.25, -0.2) is 9.59 Å². The lowest BCUT2D eigenvalue weighted by Crippen LogP contribution is -2.25. The van der Waals surface area contributed by atoms with Gasteiger partial charge in [-0.1, -0.05) is 0 Å². The largest absolute Gasteiger partial charge is 0.511 e. The van der Waals surface area contributed by atoms with Gasteiger partial charge in [0.15, 0.2) is 0 Å². The molecule has 6 heteroatoms. The maximum absolute atomic E-state index is 10.8. The van der Waals surface area contributed by atoms with Gasteiger partial charge in [0.2, 0.25) is 13.1 Å². The summed E-state index contributed by atoms with van der Waals surface area (Å²) in [4.78, 5) is 30.8. The van der Waals surface area contributed by atoms with Crippen LogP contribution in [0.25, 0.3) is 0 Å². The summed E-state index contributed by atoms with van der Waals surface area (Å²) in [6.45, 7) is 4.34. The second-order valence-electron chi connectivity index (χ2n) is 3.31. The molecule has 0 N–H and O–H groups in total. The van der Waals surface area contributed by atoms with Crippen molar-refractivity contribution in [2.75, 3.05) is 6.79 Å². The molecule has 0 heterocycles. The molecule has 0 spiro atoms. The highest BCUT2D eigenvalue weighted by Gasteiger charge is 2.17. The fraction of sp³-hybridized carbons (Fsp3) is 0.625. The van der Waals surface area contributed by atoms with Gasteiger partial charge in [-0.2, -0.15) is 0 Å². The maximum Gasteiger partial charge on any atom is 0.511 e. The van der Waals surface area contributed by atoms with Crippen molar-refractivity contribution in [1.82, 2.24) is 0 Å². The number of carbonyl (C=O) groups excluding carboxylic acids is 3. The Morgan fingerprint density at radius 3 is 2.21 bits per heavy atom. The summed E-state index contributed by atoms with van der Waals surface area (Å²) in [5, 5.41) is 0. The minimum Gasteiger partial charge on any atom is -0.428 e. The zero-order chi connectivity index (χ0) is 11.2. The number of carbonyl (C=O) groups is 3. The first-order valence-electron chi connectivity index (χ1n) is 3.83. The topological polar surface area (TPSA) is 78.9 Å². The van der Waals surface area contributed by atoms with E-state index >= 15 is 0 Å². The summed E-state index contributed by atoms with van der Waals surface area (Å²) in [5.41, 5.74) is -0.675. The predicted molar refractivity (Wildman–Crippen MR) is 44.3 cm³/mol. The molecule has 0 unspecified atom stereocenters. The standard InChI is InChI=1S/C8H12O6/c1-8(2,3)14-7(11)13-5-12-6(10)4-9/h4H,5H2,1-3H3. The van der Waals surface area contributed by atoms with Crippen molar-refractivity contribution in [3.63, 3.8) is 0 Å². The zero-order valence-electron chi connectivity index (χ0n) is 8.23. The van der Waals surface area contributed by atoms with E-state index in [4.69, 9.17) is 4.74 Å². The van der Waals surface area contributed by atoms with Crippen molar-refractivity contribution in [3.8, 4) is 0 Å². The van der Waals surface area contributed by atoms with Crippen LogP contribution < -0.4 is 0 Å². The lowest BCUT2D eigenvalue weighted by atomic mass is 10.2. The number of hydrogen-bond donors (Lipinski definition) is 0. The molecule has 0 aliphatic carbocycles. The Morgan fingerprint density at radius 2 is 1.79 bits per heavy atom. The first kappa shape index (κ1) is 12.4. The third-order valence-electron chi connectivity index (χ3n) is 0.864. The highest BCUT2D eigenvalue weighted by atomic mass is 16.8. The van der Waals surface area contributed by atoms with Gasteiger partial charge in [-0.15, -0.1) is 0 Å². The lowest BCUT2D eigenvalue weighted by molar-refractivity contribution is -0.157. The van der Waals surface area contributed by atoms with Gasteiger partial charge in [-0.3, -0.25) is 4.79 Å². The minimum atomic E-state index is -1.10. The SMILES string of the molecule is CC(C)(C)OC(=O)OCOC(=O)C=O. The Morgan fingerprint density at radius 1 is 1.21 bits per heavy atom. The van der Waals surface area contributed by atoms with E-state index in [0.29, 0.717) is 0 Å². The van der Waals surface area contributed by atoms with Crippen LogP contribution in [0.3, 0.4) is 0 Å². The Kier molecular flexibility index (Phi) is 4.62. The van der Waals surface area contributed by atoms with Gasteiger partial charge < -0.3 is 14.2 Å². The molecule has 0 saturated carbocycles. The van der Waals surface area contributed by atoms with Crippen LogP contribution in [0.15, 0.2) is 0 Å². The van der Waals surface area contributed by atoms with Crippen LogP contribution in [0.4, 0.5) is 4.79 Å². The van der Waals surface area contributed by atoms with Crippen LogP contribution >= 0.6 is 0 Å². The van der Waals surface area contributed by atoms with Gasteiger partial charge in [0.05, 0.1) is 0 Å². The fourth-order valence-electron chi connectivity index (χ4n) is 0.449. The second-order valence-corrected chi connectivity index (χ2v) is 3.31. The van der Waals surface area contributed by atoms with Gasteiger partial charge in [0.1, 0.15) is 5.60 Å². The quantitative estimate of drug-likeness (QED) is 0.290. The molecule has 0 rings (SSSR count). The van der Waals surface area contributed by atoms with Crippen LogP contribution in [0.1, 0.15) is 20.8 Å². The number of aldehydes is 1. The Hall–Kier alpha value is -1.59. The van der Waals surface area contributed by atoms with E-state index in [1.165, 1.54) is 0 Å². The molecule has 0 aliphatic heterocycles. The number of ether oxygens (including phenoxy) is 3. The molecule has 0 bridgehead atoms. The molecule has 0 aromatic carbocycles. The lowest BCUT2D eigenvalue weighted by Gasteiger charge is -2.18. The third-order valence-corrected chi connectivity index (χ3v) is 0.864. The first-order valence-corrected chi connectivity index (χ1v) is 3.83. The molecule has 0 aromatic heterocycles. The second kappa shape index (κ2) is 5.21. The summed E-state index contributed by atoms with van der Waals surface area (Å²) < 4.78 is 13.2. The average Bonchev–Trinajstić information content (AvgIpc) is 2.00. The highest BCUT2D eigenvalue weighted by Crippen LogP contribution is 2.07. The molecule has 0 aromatic rings. The van der Waals surface area contributed by atoms with Crippen molar-refractivity contribution in [1.29, 1.82) is 0 Å². The van der Waals surface area contributed by atoms with Crippen LogP contribution in [0, 0.1) is 0 Å². The van der Waals surface area contributed by atoms with E-state index in [9.17, 15) is 14.4 Å². The average molecular weight is 204 g/mol. The monoisotopic (exact) mass is 204 g/mol. The molecule has 0 amide bonds. The molecule has 14 heavy (non-hydrogen) atoms. The smallest absolute Gasteiger partial charge is 0.428 e. The van der Waals surface area contributed by atoms with Crippen LogP contribution in [-0.2, 0) is 23.8 Å². The van der Waals surface area contributed by atoms with Crippen molar-refractivity contribution in [2.45, 2.75) is 26.4 Å². The van der Waals surface area contributed by atoms with Gasteiger partial charge in [0, 0.05) is 0 Å². The normalized spacial score (nSPS) is 10.2. The van der Waals surface area contributed by atoms with Crippen molar-refractivity contribution in [3.05, 3.63) is 0 Å². The number of esters is 1. The molecule has 0 saturated heterocycles. The Bertz CT molecular complexity index is 226. The summed E-state index contributed by atoms with van der Waals surface area (Å²) in [6, 6.07) is 0. The molecule has 0 aliphatic rings. The van der Waals surface area contributed by atoms with E-state index in [1.54, 1.807) is 20.8 Å². The molecule has 0 fully saturated rings. The summed E-state index contributed by atoms with van der Waals surface area (Å²) in [5.74, 6) is -1.10.